The van der Waals surface area contributed by atoms with E-state index in [0.29, 0.717) is 11.9 Å². The Labute approximate surface area is 112 Å². The fourth-order valence-corrected chi connectivity index (χ4v) is 2.03. The van der Waals surface area contributed by atoms with E-state index >= 15 is 0 Å². The smallest absolute Gasteiger partial charge is 0.322 e. The van der Waals surface area contributed by atoms with Gasteiger partial charge in [-0.1, -0.05) is 13.3 Å². The molecule has 0 spiro atoms. The van der Waals surface area contributed by atoms with E-state index in [4.69, 9.17) is 4.74 Å². The summed E-state index contributed by atoms with van der Waals surface area (Å²) in [6, 6.07) is -0.901. The van der Waals surface area contributed by atoms with E-state index < -0.39 is 16.8 Å². The van der Waals surface area contributed by atoms with Gasteiger partial charge < -0.3 is 9.84 Å². The number of carbonyl (C=O) groups is 1. The molecule has 0 radical (unpaired) electrons. The topological polar surface area (TPSA) is 88.0 Å². The molecular weight excluding hydrogens is 256 g/mol. The minimum Gasteiger partial charge on any atom is -0.480 e. The largest absolute Gasteiger partial charge is 0.480 e. The molecule has 0 aromatic rings. The van der Waals surface area contributed by atoms with Gasteiger partial charge in [0.25, 0.3) is 0 Å². The first kappa shape index (κ1) is 17.3. The van der Waals surface area contributed by atoms with Gasteiger partial charge in [-0.3, -0.25) is 10.1 Å². The first-order valence-corrected chi connectivity index (χ1v) is 6.68. The van der Waals surface area contributed by atoms with E-state index in [2.05, 4.69) is 16.8 Å². The van der Waals surface area contributed by atoms with Crippen LogP contribution in [0.3, 0.4) is 0 Å². The molecule has 6 nitrogen and oxygen atoms in total. The second kappa shape index (κ2) is 8.44. The lowest BCUT2D eigenvalue weighted by molar-refractivity contribution is -0.141. The molecule has 0 bridgehead atoms. The summed E-state index contributed by atoms with van der Waals surface area (Å²) in [5, 5.41) is 12.2. The van der Waals surface area contributed by atoms with Crippen LogP contribution in [-0.2, 0) is 9.53 Å². The lowest BCUT2D eigenvalue weighted by Crippen LogP contribution is -2.54. The van der Waals surface area contributed by atoms with E-state index in [0.717, 1.165) is 19.3 Å². The van der Waals surface area contributed by atoms with Crippen molar-refractivity contribution in [1.29, 1.82) is 0 Å². The predicted octanol–water partition coefficient (Wildman–Crippen LogP) is 2.39. The Kier molecular flexibility index (Phi) is 8.13. The van der Waals surface area contributed by atoms with Gasteiger partial charge in [-0.25, -0.2) is 0 Å². The minimum absolute atomic E-state index is 0.336. The summed E-state index contributed by atoms with van der Waals surface area (Å²) in [6.45, 7) is 5.38. The number of ether oxygens (including phenoxy) is 1. The van der Waals surface area contributed by atoms with E-state index in [1.54, 1.807) is 13.8 Å². The van der Waals surface area contributed by atoms with Crippen molar-refractivity contribution in [2.75, 3.05) is 7.11 Å². The van der Waals surface area contributed by atoms with Crippen LogP contribution >= 0.6 is 11.9 Å². The molecule has 2 N–H and O–H groups in total. The highest BCUT2D eigenvalue weighted by Crippen LogP contribution is 2.29. The number of hydrogen-bond acceptors (Lipinski definition) is 6. The van der Waals surface area contributed by atoms with E-state index in [1.165, 1.54) is 7.11 Å². The normalized spacial score (nSPS) is 15.1. The third-order valence-electron chi connectivity index (χ3n) is 2.67. The SMILES string of the molecule is CCCCC(N[C@@H](C(=O)O)C(C)(C)SN=O)OC. The average Bonchev–Trinajstić information content (AvgIpc) is 2.28. The summed E-state index contributed by atoms with van der Waals surface area (Å²) >= 11 is 0.717. The van der Waals surface area contributed by atoms with Gasteiger partial charge in [0.05, 0.1) is 4.75 Å². The van der Waals surface area contributed by atoms with Crippen LogP contribution in [-0.4, -0.2) is 35.2 Å². The average molecular weight is 278 g/mol. The van der Waals surface area contributed by atoms with Crippen molar-refractivity contribution in [3.63, 3.8) is 0 Å². The highest BCUT2D eigenvalue weighted by Gasteiger charge is 2.38. The molecule has 2 atom stereocenters. The Balaban J connectivity index is 4.69. The molecule has 0 saturated carbocycles. The van der Waals surface area contributed by atoms with E-state index in [-0.39, 0.29) is 6.23 Å². The van der Waals surface area contributed by atoms with Crippen LogP contribution in [0.25, 0.3) is 0 Å². The van der Waals surface area contributed by atoms with Crippen LogP contribution in [0, 0.1) is 4.91 Å². The lowest BCUT2D eigenvalue weighted by Gasteiger charge is -2.31. The summed E-state index contributed by atoms with van der Waals surface area (Å²) in [5.41, 5.74) is 0. The molecule has 0 aliphatic heterocycles. The predicted molar refractivity (Wildman–Crippen MR) is 72.3 cm³/mol. The fraction of sp³-hybridized carbons (Fsp3) is 0.909. The summed E-state index contributed by atoms with van der Waals surface area (Å²) in [5.74, 6) is -1.02. The third kappa shape index (κ3) is 5.79. The Morgan fingerprint density at radius 2 is 2.17 bits per heavy atom. The second-order valence-electron chi connectivity index (χ2n) is 4.57. The van der Waals surface area contributed by atoms with Crippen molar-refractivity contribution in [2.24, 2.45) is 4.58 Å². The lowest BCUT2D eigenvalue weighted by atomic mass is 10.0. The Morgan fingerprint density at radius 1 is 1.56 bits per heavy atom. The molecule has 0 aliphatic carbocycles. The molecule has 1 unspecified atom stereocenters. The number of carboxylic acids is 1. The maximum absolute atomic E-state index is 11.3. The number of rotatable bonds is 10. The number of aliphatic carboxylic acids is 1. The molecule has 0 rings (SSSR count). The monoisotopic (exact) mass is 278 g/mol. The molecule has 0 fully saturated rings. The number of nitrogens with one attached hydrogen (secondary N) is 1. The number of methoxy groups -OCH3 is 1. The van der Waals surface area contributed by atoms with Gasteiger partial charge in [0.15, 0.2) is 0 Å². The number of unbranched alkanes of at least 4 members (excludes halogenated alkanes) is 1. The van der Waals surface area contributed by atoms with Gasteiger partial charge in [0, 0.05) is 23.6 Å². The second-order valence-corrected chi connectivity index (χ2v) is 5.96. The van der Waals surface area contributed by atoms with Crippen LogP contribution in [0.2, 0.25) is 0 Å². The Morgan fingerprint density at radius 3 is 2.56 bits per heavy atom. The third-order valence-corrected chi connectivity index (χ3v) is 3.45. The minimum atomic E-state index is -1.02. The first-order chi connectivity index (χ1) is 8.38. The van der Waals surface area contributed by atoms with Gasteiger partial charge in [-0.05, 0) is 26.7 Å². The first-order valence-electron chi connectivity index (χ1n) is 5.91. The van der Waals surface area contributed by atoms with Crippen molar-refractivity contribution >= 4 is 17.9 Å². The van der Waals surface area contributed by atoms with Gasteiger partial charge in [-0.15, -0.1) is 4.91 Å². The molecule has 0 amide bonds. The van der Waals surface area contributed by atoms with Crippen molar-refractivity contribution in [2.45, 2.75) is 57.1 Å². The summed E-state index contributed by atoms with van der Waals surface area (Å²) < 4.78 is 7.11. The zero-order valence-electron chi connectivity index (χ0n) is 11.3. The zero-order valence-corrected chi connectivity index (χ0v) is 12.1. The summed E-state index contributed by atoms with van der Waals surface area (Å²) in [6.07, 6.45) is 2.34. The van der Waals surface area contributed by atoms with Crippen LogP contribution in [0.5, 0.6) is 0 Å². The highest BCUT2D eigenvalue weighted by molar-refractivity contribution is 7.99. The molecule has 0 saturated heterocycles. The molecular formula is C11H22N2O4S. The van der Waals surface area contributed by atoms with Crippen LogP contribution in [0.15, 0.2) is 4.58 Å². The van der Waals surface area contributed by atoms with Crippen molar-refractivity contribution in [1.82, 2.24) is 5.32 Å². The summed E-state index contributed by atoms with van der Waals surface area (Å²) in [7, 11) is 1.53. The molecule has 0 aromatic heterocycles. The number of nitrogens with zero attached hydrogens (tertiary/aromatic N) is 1. The Hall–Kier alpha value is -0.660. The molecule has 18 heavy (non-hydrogen) atoms. The van der Waals surface area contributed by atoms with Crippen LogP contribution in [0.4, 0.5) is 0 Å². The van der Waals surface area contributed by atoms with E-state index in [1.807, 2.05) is 0 Å². The molecule has 0 aliphatic rings. The molecule has 7 heteroatoms. The van der Waals surface area contributed by atoms with Gasteiger partial charge in [0.2, 0.25) is 0 Å². The number of nitroso groups, excluding NO2 is 1. The number of hydrogen-bond donors (Lipinski definition) is 2. The number of carboxylic acid groups (broad SMARTS) is 1. The quantitative estimate of drug-likeness (QED) is 0.362. The molecule has 0 heterocycles. The maximum Gasteiger partial charge on any atom is 0.322 e. The standard InChI is InChI=1S/C11H22N2O4S/c1-5-6-7-8(17-4)12-9(10(14)15)11(2,3)18-13-16/h8-9,12H,5-7H2,1-4H3,(H,14,15)/t8?,9-/m0/s1. The fourth-order valence-electron chi connectivity index (χ4n) is 1.56. The zero-order chi connectivity index (χ0) is 14.2. The molecule has 106 valence electrons. The van der Waals surface area contributed by atoms with Crippen LogP contribution < -0.4 is 5.32 Å². The Bertz CT molecular complexity index is 274. The van der Waals surface area contributed by atoms with Crippen molar-refractivity contribution in [3.05, 3.63) is 4.91 Å². The highest BCUT2D eigenvalue weighted by atomic mass is 32.2. The van der Waals surface area contributed by atoms with E-state index in [9.17, 15) is 14.8 Å². The van der Waals surface area contributed by atoms with Gasteiger partial charge in [0.1, 0.15) is 12.3 Å². The van der Waals surface area contributed by atoms with Gasteiger partial charge >= 0.3 is 5.97 Å². The molecule has 0 aromatic carbocycles. The summed E-state index contributed by atoms with van der Waals surface area (Å²) in [4.78, 5) is 21.6. The van der Waals surface area contributed by atoms with Crippen molar-refractivity contribution in [3.8, 4) is 0 Å². The van der Waals surface area contributed by atoms with Crippen molar-refractivity contribution < 1.29 is 14.6 Å². The van der Waals surface area contributed by atoms with Gasteiger partial charge in [-0.2, -0.15) is 0 Å². The maximum atomic E-state index is 11.3. The van der Waals surface area contributed by atoms with Crippen LogP contribution in [0.1, 0.15) is 40.0 Å².